The maximum Gasteiger partial charge on any atom is 0.209 e. The number of nitrogens with zero attached hydrogens (tertiary/aromatic N) is 7. The fourth-order valence-corrected chi connectivity index (χ4v) is 3.68. The van der Waals surface area contributed by atoms with Crippen LogP contribution in [0, 0.1) is 27.3 Å². The van der Waals surface area contributed by atoms with E-state index in [1.165, 1.54) is 0 Å². The number of hydrogen-bond donors (Lipinski definition) is 0. The Morgan fingerprint density at radius 2 is 1.88 bits per heavy atom. The van der Waals surface area contributed by atoms with Crippen LogP contribution < -0.4 is 0 Å². The molecule has 0 aliphatic heterocycles. The molecule has 8 nitrogen and oxygen atoms in total. The third-order valence-electron chi connectivity index (χ3n) is 5.18. The molecule has 4 heterocycles. The minimum absolute atomic E-state index is 0.0561. The first-order chi connectivity index (χ1) is 15.5. The van der Waals surface area contributed by atoms with E-state index in [0.717, 1.165) is 28.2 Å². The topological polar surface area (TPSA) is 90.8 Å². The smallest absolute Gasteiger partial charge is 0.209 e. The number of pyridine rings is 2. The minimum atomic E-state index is -0.0716. The zero-order valence-electron chi connectivity index (χ0n) is 18.1. The van der Waals surface area contributed by atoms with Crippen LogP contribution in [0.2, 0.25) is 0 Å². The third kappa shape index (κ3) is 4.27. The molecule has 0 aromatic carbocycles. The zero-order chi connectivity index (χ0) is 22.7. The first-order valence-electron chi connectivity index (χ1n) is 10.1. The summed E-state index contributed by atoms with van der Waals surface area (Å²) >= 11 is 0. The van der Waals surface area contributed by atoms with Crippen molar-refractivity contribution in [1.29, 1.82) is 0 Å². The van der Waals surface area contributed by atoms with Gasteiger partial charge in [-0.2, -0.15) is 5.10 Å². The molecule has 0 bridgehead atoms. The molecule has 0 fully saturated rings. The van der Waals surface area contributed by atoms with Crippen molar-refractivity contribution in [2.24, 2.45) is 0 Å². The van der Waals surface area contributed by atoms with Crippen molar-refractivity contribution < 1.29 is 4.79 Å². The van der Waals surface area contributed by atoms with E-state index in [1.807, 2.05) is 32.9 Å². The van der Waals surface area contributed by atoms with Crippen molar-refractivity contribution >= 4 is 11.5 Å². The summed E-state index contributed by atoms with van der Waals surface area (Å²) in [4.78, 5) is 33.3. The number of rotatable bonds is 6. The second-order valence-electron chi connectivity index (χ2n) is 7.50. The Morgan fingerprint density at radius 1 is 1.03 bits per heavy atom. The maximum atomic E-state index is 12.8. The molecule has 0 unspecified atom stereocenters. The number of carbonyl (C=O) groups excluding carboxylic acids is 1. The molecule has 0 aliphatic rings. The molecule has 0 aliphatic carbocycles. The van der Waals surface area contributed by atoms with Gasteiger partial charge in [-0.05, 0) is 44.5 Å². The predicted octanol–water partition coefficient (Wildman–Crippen LogP) is 4.08. The average Bonchev–Trinajstić information content (AvgIpc) is 3.07. The molecule has 0 atom stereocenters. The standard InChI is InChI=1S/C24H21N7O/c1-15-9-18(5-6-27-15)24-16(2)30-31(17(24)3)14-20(32)11-22-21(25-4)10-19(12-29-22)23-13-26-7-8-28-23/h5-10,12-13H,11,14H2,1-3H3. The normalized spacial score (nSPS) is 10.7. The van der Waals surface area contributed by atoms with Crippen LogP contribution >= 0.6 is 0 Å². The molecule has 32 heavy (non-hydrogen) atoms. The highest BCUT2D eigenvalue weighted by Gasteiger charge is 2.17. The average molecular weight is 423 g/mol. The summed E-state index contributed by atoms with van der Waals surface area (Å²) in [7, 11) is 0. The molecule has 4 aromatic heterocycles. The zero-order valence-corrected chi connectivity index (χ0v) is 18.1. The second kappa shape index (κ2) is 8.86. The molecule has 8 heteroatoms. The number of ketones is 1. The van der Waals surface area contributed by atoms with Crippen LogP contribution in [0.5, 0.6) is 0 Å². The summed E-state index contributed by atoms with van der Waals surface area (Å²) in [6, 6.07) is 5.65. The molecule has 158 valence electrons. The lowest BCUT2D eigenvalue weighted by atomic mass is 10.0. The van der Waals surface area contributed by atoms with Gasteiger partial charge in [-0.3, -0.25) is 29.4 Å². The number of carbonyl (C=O) groups is 1. The predicted molar refractivity (Wildman–Crippen MR) is 120 cm³/mol. The summed E-state index contributed by atoms with van der Waals surface area (Å²) < 4.78 is 1.72. The van der Waals surface area contributed by atoms with E-state index in [-0.39, 0.29) is 18.7 Å². The highest BCUT2D eigenvalue weighted by molar-refractivity contribution is 5.83. The van der Waals surface area contributed by atoms with E-state index >= 15 is 0 Å². The van der Waals surface area contributed by atoms with Crippen LogP contribution in [-0.2, 0) is 17.8 Å². The maximum absolute atomic E-state index is 12.8. The Hall–Kier alpha value is -4.25. The first-order valence-corrected chi connectivity index (χ1v) is 10.1. The first kappa shape index (κ1) is 21.0. The molecule has 0 spiro atoms. The fourth-order valence-electron chi connectivity index (χ4n) is 3.68. The van der Waals surface area contributed by atoms with Crippen molar-refractivity contribution in [3.05, 3.63) is 83.4 Å². The summed E-state index contributed by atoms with van der Waals surface area (Å²) in [5, 5.41) is 4.57. The van der Waals surface area contributed by atoms with Crippen LogP contribution in [0.1, 0.15) is 22.8 Å². The molecular formula is C24H21N7O. The van der Waals surface area contributed by atoms with Gasteiger partial charge in [-0.1, -0.05) is 0 Å². The van der Waals surface area contributed by atoms with Crippen LogP contribution in [-0.4, -0.2) is 35.5 Å². The van der Waals surface area contributed by atoms with E-state index < -0.39 is 0 Å². The molecule has 4 aromatic rings. The van der Waals surface area contributed by atoms with E-state index in [0.29, 0.717) is 22.6 Å². The molecule has 0 N–H and O–H groups in total. The lowest BCUT2D eigenvalue weighted by molar-refractivity contribution is -0.119. The van der Waals surface area contributed by atoms with Crippen molar-refractivity contribution in [2.45, 2.75) is 33.7 Å². The lowest BCUT2D eigenvalue weighted by Crippen LogP contribution is -2.15. The van der Waals surface area contributed by atoms with Gasteiger partial charge in [0.2, 0.25) is 5.69 Å². The monoisotopic (exact) mass is 423 g/mol. The molecule has 0 amide bonds. The Labute approximate surface area is 185 Å². The van der Waals surface area contributed by atoms with Gasteiger partial charge in [-0.15, -0.1) is 0 Å². The molecule has 0 radical (unpaired) electrons. The van der Waals surface area contributed by atoms with Crippen molar-refractivity contribution in [1.82, 2.24) is 29.7 Å². The Balaban J connectivity index is 1.55. The second-order valence-corrected chi connectivity index (χ2v) is 7.50. The van der Waals surface area contributed by atoms with Gasteiger partial charge in [0, 0.05) is 53.7 Å². The number of aryl methyl sites for hydroxylation is 2. The molecule has 0 saturated heterocycles. The number of hydrogen-bond acceptors (Lipinski definition) is 6. The minimum Gasteiger partial charge on any atom is -0.297 e. The van der Waals surface area contributed by atoms with Gasteiger partial charge in [0.1, 0.15) is 6.54 Å². The van der Waals surface area contributed by atoms with Gasteiger partial charge >= 0.3 is 0 Å². The Bertz CT molecular complexity index is 1340. The van der Waals surface area contributed by atoms with Crippen molar-refractivity contribution in [2.75, 3.05) is 0 Å². The highest BCUT2D eigenvalue weighted by atomic mass is 16.1. The van der Waals surface area contributed by atoms with E-state index in [9.17, 15) is 4.79 Å². The Morgan fingerprint density at radius 3 is 2.59 bits per heavy atom. The van der Waals surface area contributed by atoms with Gasteiger partial charge < -0.3 is 0 Å². The van der Waals surface area contributed by atoms with Gasteiger partial charge in [-0.25, -0.2) is 4.85 Å². The van der Waals surface area contributed by atoms with Crippen molar-refractivity contribution in [3.8, 4) is 22.4 Å². The van der Waals surface area contributed by atoms with Gasteiger partial charge in [0.15, 0.2) is 5.78 Å². The summed E-state index contributed by atoms with van der Waals surface area (Å²) in [6.45, 7) is 13.4. The highest BCUT2D eigenvalue weighted by Crippen LogP contribution is 2.28. The van der Waals surface area contributed by atoms with Gasteiger partial charge in [0.05, 0.1) is 29.9 Å². The third-order valence-corrected chi connectivity index (χ3v) is 5.18. The molecule has 0 saturated carbocycles. The van der Waals surface area contributed by atoms with E-state index in [4.69, 9.17) is 6.57 Å². The quantitative estimate of drug-likeness (QED) is 0.434. The van der Waals surface area contributed by atoms with Crippen LogP contribution in [0.25, 0.3) is 27.2 Å². The van der Waals surface area contributed by atoms with E-state index in [2.05, 4.69) is 29.9 Å². The Kier molecular flexibility index (Phi) is 5.81. The largest absolute Gasteiger partial charge is 0.297 e. The SMILES string of the molecule is [C-]#[N+]c1cc(-c2cnccn2)cnc1CC(=O)Cn1nc(C)c(-c2ccnc(C)c2)c1C. The summed E-state index contributed by atoms with van der Waals surface area (Å²) in [5.41, 5.74) is 6.84. The number of Topliss-reactive ketones (excluding diaryl/α,β-unsaturated/α-hetero) is 1. The van der Waals surface area contributed by atoms with Crippen LogP contribution in [0.15, 0.2) is 49.2 Å². The lowest BCUT2D eigenvalue weighted by Gasteiger charge is -2.08. The van der Waals surface area contributed by atoms with Crippen molar-refractivity contribution in [3.63, 3.8) is 0 Å². The van der Waals surface area contributed by atoms with Crippen LogP contribution in [0.4, 0.5) is 5.69 Å². The summed E-state index contributed by atoms with van der Waals surface area (Å²) in [6.07, 6.45) is 8.23. The van der Waals surface area contributed by atoms with E-state index in [1.54, 1.807) is 41.7 Å². The summed E-state index contributed by atoms with van der Waals surface area (Å²) in [5.74, 6) is -0.0716. The van der Waals surface area contributed by atoms with Crippen LogP contribution in [0.3, 0.4) is 0 Å². The fraction of sp³-hybridized carbons (Fsp3) is 0.208. The number of aromatic nitrogens is 6. The molecular weight excluding hydrogens is 402 g/mol. The van der Waals surface area contributed by atoms with Gasteiger partial charge in [0.25, 0.3) is 0 Å². The molecule has 4 rings (SSSR count).